The van der Waals surface area contributed by atoms with Crippen LogP contribution in [-0.4, -0.2) is 10.2 Å². The molecule has 1 aromatic heterocycles. The maximum Gasteiger partial charge on any atom is 0.0936 e. The Morgan fingerprint density at radius 1 is 1.75 bits per heavy atom. The number of rotatable bonds is 1. The van der Waals surface area contributed by atoms with Gasteiger partial charge in [-0.1, -0.05) is 6.58 Å². The molecule has 0 aliphatic heterocycles. The monoisotopic (exact) mass is 104 g/mol. The van der Waals surface area contributed by atoms with Crippen LogP contribution in [0.3, 0.4) is 0 Å². The van der Waals surface area contributed by atoms with Gasteiger partial charge in [0.15, 0.2) is 0 Å². The van der Waals surface area contributed by atoms with E-state index in [-0.39, 0.29) is 0 Å². The van der Waals surface area contributed by atoms with Crippen LogP contribution in [0.15, 0.2) is 12.3 Å². The highest BCUT2D eigenvalue weighted by molar-refractivity contribution is 5.36. The van der Waals surface area contributed by atoms with Crippen LogP contribution < -0.4 is 0 Å². The molecule has 0 aliphatic carbocycles. The minimum Gasteiger partial charge on any atom is -0.159 e. The molecule has 2 radical (unpaired) electrons. The molecule has 0 atom stereocenters. The van der Waals surface area contributed by atoms with Gasteiger partial charge in [0.2, 0.25) is 0 Å². The second kappa shape index (κ2) is 2.21. The van der Waals surface area contributed by atoms with Gasteiger partial charge in [0, 0.05) is 6.07 Å². The van der Waals surface area contributed by atoms with Crippen LogP contribution in [0, 0.1) is 12.6 Å². The number of hydrogen-bond donors (Lipinski definition) is 0. The zero-order valence-electron chi connectivity index (χ0n) is 4.20. The quantitative estimate of drug-likeness (QED) is 0.524. The summed E-state index contributed by atoms with van der Waals surface area (Å²) in [5.74, 6) is 0. The van der Waals surface area contributed by atoms with Crippen LogP contribution in [0.25, 0.3) is 6.08 Å². The minimum absolute atomic E-state index is 0.576. The Morgan fingerprint density at radius 3 is 3.00 bits per heavy atom. The Labute approximate surface area is 47.9 Å². The zero-order chi connectivity index (χ0) is 5.82. The second-order valence-electron chi connectivity index (χ2n) is 1.23. The van der Waals surface area contributed by atoms with Crippen LogP contribution >= 0.6 is 0 Å². The lowest BCUT2D eigenvalue weighted by molar-refractivity contribution is 1.01. The van der Waals surface area contributed by atoms with Gasteiger partial charge in [0.05, 0.1) is 11.9 Å². The van der Waals surface area contributed by atoms with Gasteiger partial charge in [-0.25, -0.2) is 0 Å². The van der Waals surface area contributed by atoms with Crippen molar-refractivity contribution in [3.8, 4) is 0 Å². The summed E-state index contributed by atoms with van der Waals surface area (Å²) in [4.78, 5) is 0. The highest BCUT2D eigenvalue weighted by Gasteiger charge is 1.80. The van der Waals surface area contributed by atoms with E-state index in [0.717, 1.165) is 0 Å². The molecule has 38 valence electrons. The van der Waals surface area contributed by atoms with Crippen LogP contribution in [0.5, 0.6) is 0 Å². The van der Waals surface area contributed by atoms with Crippen molar-refractivity contribution in [2.45, 2.75) is 0 Å². The van der Waals surface area contributed by atoms with Crippen LogP contribution in [0.2, 0.25) is 0 Å². The van der Waals surface area contributed by atoms with E-state index >= 15 is 0 Å². The Bertz CT molecular complexity index is 169. The van der Waals surface area contributed by atoms with Crippen molar-refractivity contribution in [3.63, 3.8) is 0 Å². The van der Waals surface area contributed by atoms with Crippen molar-refractivity contribution in [2.75, 3.05) is 0 Å². The van der Waals surface area contributed by atoms with Crippen LogP contribution in [-0.2, 0) is 0 Å². The summed E-state index contributed by atoms with van der Waals surface area (Å²) in [5, 5.41) is 7.17. The van der Waals surface area contributed by atoms with E-state index in [9.17, 15) is 0 Å². The van der Waals surface area contributed by atoms with Crippen molar-refractivity contribution in [2.24, 2.45) is 0 Å². The third-order valence-electron chi connectivity index (χ3n) is 0.696. The average Bonchev–Trinajstić information content (AvgIpc) is 1.90. The van der Waals surface area contributed by atoms with E-state index in [1.165, 1.54) is 6.08 Å². The van der Waals surface area contributed by atoms with Crippen molar-refractivity contribution < 1.29 is 0 Å². The van der Waals surface area contributed by atoms with Gasteiger partial charge < -0.3 is 0 Å². The Kier molecular flexibility index (Phi) is 1.37. The van der Waals surface area contributed by atoms with E-state index in [1.54, 1.807) is 12.3 Å². The lowest BCUT2D eigenvalue weighted by Crippen LogP contribution is -1.81. The van der Waals surface area contributed by atoms with E-state index in [4.69, 9.17) is 6.58 Å². The van der Waals surface area contributed by atoms with Crippen molar-refractivity contribution in [1.29, 1.82) is 0 Å². The topological polar surface area (TPSA) is 25.8 Å². The molecular formula is C6H4N2. The molecule has 0 unspecified atom stereocenters. The van der Waals surface area contributed by atoms with Gasteiger partial charge >= 0.3 is 0 Å². The third kappa shape index (κ3) is 0.904. The summed E-state index contributed by atoms with van der Waals surface area (Å²) in [5.41, 5.74) is 0.576. The molecule has 0 saturated heterocycles. The van der Waals surface area contributed by atoms with Gasteiger partial charge in [-0.05, 0) is 12.1 Å². The largest absolute Gasteiger partial charge is 0.159 e. The molecule has 1 heterocycles. The first-order valence-corrected chi connectivity index (χ1v) is 2.18. The summed E-state index contributed by atoms with van der Waals surface area (Å²) in [6.07, 6.45) is 2.90. The smallest absolute Gasteiger partial charge is 0.0936 e. The molecule has 0 amide bonds. The summed E-state index contributed by atoms with van der Waals surface area (Å²) < 4.78 is 0. The molecule has 2 nitrogen and oxygen atoms in total. The molecule has 0 aromatic carbocycles. The maximum atomic E-state index is 5.09. The van der Waals surface area contributed by atoms with Crippen molar-refractivity contribution in [3.05, 3.63) is 30.6 Å². The molecule has 1 aromatic rings. The van der Waals surface area contributed by atoms with Crippen LogP contribution in [0.1, 0.15) is 5.69 Å². The van der Waals surface area contributed by atoms with Crippen molar-refractivity contribution in [1.82, 2.24) is 10.2 Å². The molecular weight excluding hydrogens is 100 g/mol. The summed E-state index contributed by atoms with van der Waals surface area (Å²) >= 11 is 0. The Balaban J connectivity index is 2.99. The Morgan fingerprint density at radius 2 is 2.62 bits per heavy atom. The molecule has 8 heavy (non-hydrogen) atoms. The minimum atomic E-state index is 0.576. The van der Waals surface area contributed by atoms with Crippen molar-refractivity contribution >= 4 is 6.08 Å². The first-order chi connectivity index (χ1) is 3.93. The predicted molar refractivity (Wildman–Crippen MR) is 29.6 cm³/mol. The van der Waals surface area contributed by atoms with E-state index in [1.807, 2.05) is 0 Å². The molecule has 0 fully saturated rings. The van der Waals surface area contributed by atoms with Gasteiger partial charge in [0.25, 0.3) is 0 Å². The molecule has 0 saturated carbocycles. The fraction of sp³-hybridized carbons (Fsp3) is 0. The van der Waals surface area contributed by atoms with E-state index < -0.39 is 0 Å². The van der Waals surface area contributed by atoms with Gasteiger partial charge in [-0.2, -0.15) is 10.2 Å². The fourth-order valence-electron chi connectivity index (χ4n) is 0.362. The predicted octanol–water partition coefficient (Wildman–Crippen LogP) is 0.723. The zero-order valence-corrected chi connectivity index (χ0v) is 4.20. The molecule has 2 heteroatoms. The Hall–Kier alpha value is -1.18. The van der Waals surface area contributed by atoms with Crippen LogP contribution in [0.4, 0.5) is 0 Å². The molecule has 0 aliphatic rings. The lowest BCUT2D eigenvalue weighted by Gasteiger charge is -1.81. The third-order valence-corrected chi connectivity index (χ3v) is 0.696. The summed E-state index contributed by atoms with van der Waals surface area (Å²) in [7, 11) is 0. The molecule has 0 N–H and O–H groups in total. The van der Waals surface area contributed by atoms with E-state index in [2.05, 4.69) is 16.3 Å². The number of aromatic nitrogens is 2. The van der Waals surface area contributed by atoms with E-state index in [0.29, 0.717) is 5.69 Å². The molecule has 0 spiro atoms. The summed E-state index contributed by atoms with van der Waals surface area (Å²) in [6.45, 7) is 5.09. The molecule has 1 rings (SSSR count). The second-order valence-corrected chi connectivity index (χ2v) is 1.23. The average molecular weight is 104 g/mol. The first-order valence-electron chi connectivity index (χ1n) is 2.18. The standard InChI is InChI=1S/C6H4N2/c1-2-6-4-3-5-7-8-6/h1-3,5H. The number of hydrogen-bond acceptors (Lipinski definition) is 2. The van der Waals surface area contributed by atoms with Gasteiger partial charge in [0.1, 0.15) is 0 Å². The number of nitrogens with zero attached hydrogens (tertiary/aromatic N) is 2. The highest BCUT2D eigenvalue weighted by Crippen LogP contribution is 1.87. The highest BCUT2D eigenvalue weighted by atomic mass is 15.1. The SMILES string of the molecule is [CH]=Cc1[c]ccnn1. The summed E-state index contributed by atoms with van der Waals surface area (Å²) in [6, 6.07) is 4.42. The molecule has 0 bridgehead atoms. The van der Waals surface area contributed by atoms with Gasteiger partial charge in [-0.15, -0.1) is 0 Å². The van der Waals surface area contributed by atoms with Gasteiger partial charge in [-0.3, -0.25) is 0 Å². The normalized spacial score (nSPS) is 8.50. The fourth-order valence-corrected chi connectivity index (χ4v) is 0.362. The maximum absolute atomic E-state index is 5.09. The first kappa shape index (κ1) is 4.97. The lowest BCUT2D eigenvalue weighted by atomic mass is 10.4.